The van der Waals surface area contributed by atoms with Crippen molar-refractivity contribution in [1.29, 1.82) is 0 Å². The van der Waals surface area contributed by atoms with Crippen LogP contribution in [0.2, 0.25) is 0 Å². The number of esters is 1. The van der Waals surface area contributed by atoms with Crippen LogP contribution in [0.4, 0.5) is 0 Å². The number of rotatable bonds is 2. The van der Waals surface area contributed by atoms with E-state index in [1.807, 2.05) is 30.3 Å². The molecule has 2 rings (SSSR count). The zero-order valence-corrected chi connectivity index (χ0v) is 13.1. The quantitative estimate of drug-likeness (QED) is 0.605. The van der Waals surface area contributed by atoms with Gasteiger partial charge in [0, 0.05) is 11.5 Å². The highest BCUT2D eigenvalue weighted by atomic mass is 16.5. The third-order valence-electron chi connectivity index (χ3n) is 4.30. The molecule has 1 aromatic carbocycles. The van der Waals surface area contributed by atoms with Gasteiger partial charge in [-0.1, -0.05) is 51.3 Å². The maximum atomic E-state index is 12.0. The summed E-state index contributed by atoms with van der Waals surface area (Å²) in [5.74, 6) is 6.70. The minimum atomic E-state index is -0.399. The van der Waals surface area contributed by atoms with Crippen molar-refractivity contribution >= 4 is 5.97 Å². The van der Waals surface area contributed by atoms with Gasteiger partial charge in [0.1, 0.15) is 6.10 Å². The standard InChI is InChI=1S/C19H24O2/c1-14(2)17-11-9-15(3)13-18(17)21-19(20)12-10-16-7-5-4-6-8-16/h4-8,14-15,17-18H,9,11,13H2,1-3H3/t15-,17+,18+/m0/s1. The Balaban J connectivity index is 1.99. The molecule has 0 unspecified atom stereocenters. The fraction of sp³-hybridized carbons (Fsp3) is 0.526. The van der Waals surface area contributed by atoms with Gasteiger partial charge in [0.05, 0.1) is 0 Å². The molecule has 0 bridgehead atoms. The van der Waals surface area contributed by atoms with E-state index >= 15 is 0 Å². The predicted octanol–water partition coefficient (Wildman–Crippen LogP) is 4.04. The molecular weight excluding hydrogens is 260 g/mol. The molecule has 1 aromatic rings. The van der Waals surface area contributed by atoms with Crippen LogP contribution in [-0.2, 0) is 9.53 Å². The maximum Gasteiger partial charge on any atom is 0.384 e. The van der Waals surface area contributed by atoms with Crippen LogP contribution >= 0.6 is 0 Å². The van der Waals surface area contributed by atoms with E-state index in [1.165, 1.54) is 6.42 Å². The van der Waals surface area contributed by atoms with Crippen molar-refractivity contribution in [3.05, 3.63) is 35.9 Å². The molecule has 112 valence electrons. The van der Waals surface area contributed by atoms with E-state index in [2.05, 4.69) is 32.6 Å². The molecule has 0 amide bonds. The zero-order chi connectivity index (χ0) is 15.2. The Morgan fingerprint density at radius 2 is 1.95 bits per heavy atom. The van der Waals surface area contributed by atoms with Crippen molar-refractivity contribution in [3.8, 4) is 11.8 Å². The molecule has 1 saturated carbocycles. The highest BCUT2D eigenvalue weighted by Crippen LogP contribution is 2.35. The van der Waals surface area contributed by atoms with Gasteiger partial charge in [-0.3, -0.25) is 0 Å². The minimum Gasteiger partial charge on any atom is -0.452 e. The lowest BCUT2D eigenvalue weighted by Gasteiger charge is -2.36. The fourth-order valence-corrected chi connectivity index (χ4v) is 3.06. The van der Waals surface area contributed by atoms with Gasteiger partial charge < -0.3 is 4.74 Å². The monoisotopic (exact) mass is 284 g/mol. The normalized spacial score (nSPS) is 25.0. The van der Waals surface area contributed by atoms with E-state index in [9.17, 15) is 4.79 Å². The first-order valence-corrected chi connectivity index (χ1v) is 7.84. The molecule has 0 saturated heterocycles. The summed E-state index contributed by atoms with van der Waals surface area (Å²) in [6, 6.07) is 9.53. The van der Waals surface area contributed by atoms with Crippen LogP contribution in [0.1, 0.15) is 45.6 Å². The lowest BCUT2D eigenvalue weighted by molar-refractivity contribution is -0.148. The van der Waals surface area contributed by atoms with E-state index in [-0.39, 0.29) is 6.10 Å². The maximum absolute atomic E-state index is 12.0. The number of carbonyl (C=O) groups excluding carboxylic acids is 1. The van der Waals surface area contributed by atoms with Crippen LogP contribution in [0, 0.1) is 29.6 Å². The summed E-state index contributed by atoms with van der Waals surface area (Å²) in [5, 5.41) is 0. The Morgan fingerprint density at radius 1 is 1.24 bits per heavy atom. The Hall–Kier alpha value is -1.75. The third kappa shape index (κ3) is 4.63. The summed E-state index contributed by atoms with van der Waals surface area (Å²) >= 11 is 0. The van der Waals surface area contributed by atoms with Crippen LogP contribution in [0.3, 0.4) is 0 Å². The van der Waals surface area contributed by atoms with Crippen molar-refractivity contribution in [2.75, 3.05) is 0 Å². The van der Waals surface area contributed by atoms with Crippen LogP contribution in [-0.4, -0.2) is 12.1 Å². The second-order valence-corrected chi connectivity index (χ2v) is 6.39. The van der Waals surface area contributed by atoms with Gasteiger partial charge in [0.25, 0.3) is 0 Å². The molecule has 2 heteroatoms. The van der Waals surface area contributed by atoms with Crippen LogP contribution in [0.25, 0.3) is 0 Å². The summed E-state index contributed by atoms with van der Waals surface area (Å²) < 4.78 is 5.64. The summed E-state index contributed by atoms with van der Waals surface area (Å²) in [7, 11) is 0. The molecule has 0 spiro atoms. The van der Waals surface area contributed by atoms with Crippen molar-refractivity contribution in [3.63, 3.8) is 0 Å². The first-order chi connectivity index (χ1) is 10.1. The molecule has 0 heterocycles. The van der Waals surface area contributed by atoms with E-state index in [1.54, 1.807) is 0 Å². The summed E-state index contributed by atoms with van der Waals surface area (Å²) in [4.78, 5) is 12.0. The van der Waals surface area contributed by atoms with E-state index in [0.717, 1.165) is 18.4 Å². The second kappa shape index (κ2) is 7.31. The first-order valence-electron chi connectivity index (χ1n) is 7.84. The van der Waals surface area contributed by atoms with Gasteiger partial charge in [-0.25, -0.2) is 4.79 Å². The molecule has 1 fully saturated rings. The Morgan fingerprint density at radius 3 is 2.62 bits per heavy atom. The number of benzene rings is 1. The Labute approximate surface area is 127 Å². The largest absolute Gasteiger partial charge is 0.452 e. The number of hydrogen-bond donors (Lipinski definition) is 0. The van der Waals surface area contributed by atoms with Crippen LogP contribution in [0.15, 0.2) is 30.3 Å². The summed E-state index contributed by atoms with van der Waals surface area (Å²) in [6.45, 7) is 6.64. The third-order valence-corrected chi connectivity index (χ3v) is 4.30. The lowest BCUT2D eigenvalue weighted by atomic mass is 9.75. The lowest BCUT2D eigenvalue weighted by Crippen LogP contribution is -2.35. The van der Waals surface area contributed by atoms with Gasteiger partial charge >= 0.3 is 5.97 Å². The van der Waals surface area contributed by atoms with E-state index < -0.39 is 5.97 Å². The smallest absolute Gasteiger partial charge is 0.384 e. The number of ether oxygens (including phenoxy) is 1. The molecule has 0 aromatic heterocycles. The average Bonchev–Trinajstić information content (AvgIpc) is 2.46. The minimum absolute atomic E-state index is 0.0197. The van der Waals surface area contributed by atoms with Crippen molar-refractivity contribution in [1.82, 2.24) is 0 Å². The molecule has 0 N–H and O–H groups in total. The molecule has 1 aliphatic rings. The molecule has 0 radical (unpaired) electrons. The van der Waals surface area contributed by atoms with Crippen molar-refractivity contribution in [2.24, 2.45) is 17.8 Å². The molecular formula is C19H24O2. The second-order valence-electron chi connectivity index (χ2n) is 6.39. The molecule has 3 atom stereocenters. The number of carbonyl (C=O) groups is 1. The van der Waals surface area contributed by atoms with Crippen LogP contribution < -0.4 is 0 Å². The molecule has 21 heavy (non-hydrogen) atoms. The van der Waals surface area contributed by atoms with E-state index in [0.29, 0.717) is 17.8 Å². The first kappa shape index (κ1) is 15.6. The number of hydrogen-bond acceptors (Lipinski definition) is 2. The van der Waals surface area contributed by atoms with Gasteiger partial charge in [-0.15, -0.1) is 0 Å². The molecule has 0 aliphatic heterocycles. The average molecular weight is 284 g/mol. The molecule has 1 aliphatic carbocycles. The predicted molar refractivity (Wildman–Crippen MR) is 84.5 cm³/mol. The van der Waals surface area contributed by atoms with Gasteiger partial charge in [0.15, 0.2) is 0 Å². The van der Waals surface area contributed by atoms with Crippen LogP contribution in [0.5, 0.6) is 0 Å². The SMILES string of the molecule is CC(C)[C@H]1CC[C@H](C)C[C@H]1OC(=O)C#Cc1ccccc1. The highest BCUT2D eigenvalue weighted by molar-refractivity contribution is 5.89. The van der Waals surface area contributed by atoms with Crippen molar-refractivity contribution in [2.45, 2.75) is 46.1 Å². The zero-order valence-electron chi connectivity index (χ0n) is 13.1. The Kier molecular flexibility index (Phi) is 5.44. The van der Waals surface area contributed by atoms with E-state index in [4.69, 9.17) is 4.74 Å². The Bertz CT molecular complexity index is 521. The molecule has 2 nitrogen and oxygen atoms in total. The highest BCUT2D eigenvalue weighted by Gasteiger charge is 2.33. The van der Waals surface area contributed by atoms with Gasteiger partial charge in [0.2, 0.25) is 0 Å². The van der Waals surface area contributed by atoms with Crippen molar-refractivity contribution < 1.29 is 9.53 Å². The van der Waals surface area contributed by atoms with Gasteiger partial charge in [-0.05, 0) is 42.7 Å². The van der Waals surface area contributed by atoms with Gasteiger partial charge in [-0.2, -0.15) is 0 Å². The summed E-state index contributed by atoms with van der Waals surface area (Å²) in [6.07, 6.45) is 3.35. The topological polar surface area (TPSA) is 26.3 Å². The summed E-state index contributed by atoms with van der Waals surface area (Å²) in [5.41, 5.74) is 0.840. The fourth-order valence-electron chi connectivity index (χ4n) is 3.06.